The van der Waals surface area contributed by atoms with Crippen LogP contribution in [0.4, 0.5) is 0 Å². The molecule has 0 atom stereocenters. The van der Waals surface area contributed by atoms with Crippen molar-refractivity contribution in [3.05, 3.63) is 47.5 Å². The molecule has 2 aliphatic rings. The molecule has 26 heavy (non-hydrogen) atoms. The van der Waals surface area contributed by atoms with Crippen molar-refractivity contribution in [2.45, 2.75) is 84.2 Å². The van der Waals surface area contributed by atoms with E-state index in [9.17, 15) is 0 Å². The van der Waals surface area contributed by atoms with Gasteiger partial charge in [-0.15, -0.1) is 0 Å². The summed E-state index contributed by atoms with van der Waals surface area (Å²) in [7, 11) is 0. The third-order valence-electron chi connectivity index (χ3n) is 6.79. The zero-order chi connectivity index (χ0) is 18.2. The van der Waals surface area contributed by atoms with E-state index < -0.39 is 0 Å². The van der Waals surface area contributed by atoms with Gasteiger partial charge < -0.3 is 4.74 Å². The second kappa shape index (κ2) is 10.3. The van der Waals surface area contributed by atoms with Crippen molar-refractivity contribution < 1.29 is 4.74 Å². The molecule has 0 spiro atoms. The third-order valence-corrected chi connectivity index (χ3v) is 6.79. The topological polar surface area (TPSA) is 9.23 Å². The van der Waals surface area contributed by atoms with Gasteiger partial charge in [-0.05, 0) is 99.5 Å². The minimum atomic E-state index is 0.761. The lowest BCUT2D eigenvalue weighted by molar-refractivity contribution is 0.121. The standard InChI is InChI=1S/C25H38O/c1-3-5-20-6-10-22(11-7-20)24-14-16-25(17-15-24)23-12-8-21(9-13-23)19-26-18-4-2/h3,5,8-9,12-13,20,22,24-25H,4,6-7,10-11,14-19H2,1-2H3/b5-3+. The predicted octanol–water partition coefficient (Wildman–Crippen LogP) is 7.27. The molecule has 1 heteroatoms. The van der Waals surface area contributed by atoms with E-state index in [-0.39, 0.29) is 0 Å². The van der Waals surface area contributed by atoms with Gasteiger partial charge in [0.1, 0.15) is 0 Å². The first-order valence-corrected chi connectivity index (χ1v) is 11.1. The van der Waals surface area contributed by atoms with Gasteiger partial charge in [-0.25, -0.2) is 0 Å². The van der Waals surface area contributed by atoms with Crippen LogP contribution in [0.5, 0.6) is 0 Å². The second-order valence-electron chi connectivity index (χ2n) is 8.61. The third kappa shape index (κ3) is 5.46. The van der Waals surface area contributed by atoms with Crippen LogP contribution in [0.3, 0.4) is 0 Å². The van der Waals surface area contributed by atoms with Crippen molar-refractivity contribution in [3.63, 3.8) is 0 Å². The monoisotopic (exact) mass is 354 g/mol. The molecule has 1 aromatic rings. The minimum absolute atomic E-state index is 0.761. The number of hydrogen-bond acceptors (Lipinski definition) is 1. The second-order valence-corrected chi connectivity index (χ2v) is 8.61. The largest absolute Gasteiger partial charge is 0.377 e. The molecule has 0 N–H and O–H groups in total. The summed E-state index contributed by atoms with van der Waals surface area (Å²) in [5, 5.41) is 0. The van der Waals surface area contributed by atoms with Crippen LogP contribution in [0, 0.1) is 17.8 Å². The van der Waals surface area contributed by atoms with Crippen LogP contribution >= 0.6 is 0 Å². The van der Waals surface area contributed by atoms with E-state index in [0.717, 1.165) is 43.3 Å². The molecule has 1 aromatic carbocycles. The Kier molecular flexibility index (Phi) is 7.80. The lowest BCUT2D eigenvalue weighted by Gasteiger charge is -2.37. The SMILES string of the molecule is C/C=C/C1CCC(C2CCC(c3ccc(COCCC)cc3)CC2)CC1. The summed E-state index contributed by atoms with van der Waals surface area (Å²) in [5.74, 6) is 3.67. The van der Waals surface area contributed by atoms with Crippen molar-refractivity contribution in [1.29, 1.82) is 0 Å². The van der Waals surface area contributed by atoms with E-state index in [2.05, 4.69) is 50.3 Å². The van der Waals surface area contributed by atoms with Crippen LogP contribution in [0.2, 0.25) is 0 Å². The fourth-order valence-corrected chi connectivity index (χ4v) is 5.23. The van der Waals surface area contributed by atoms with Crippen molar-refractivity contribution >= 4 is 0 Å². The fourth-order valence-electron chi connectivity index (χ4n) is 5.23. The van der Waals surface area contributed by atoms with Gasteiger partial charge in [0, 0.05) is 6.61 Å². The van der Waals surface area contributed by atoms with Gasteiger partial charge in [0.15, 0.2) is 0 Å². The van der Waals surface area contributed by atoms with Gasteiger partial charge in [-0.2, -0.15) is 0 Å². The number of allylic oxidation sites excluding steroid dienone is 2. The molecule has 1 nitrogen and oxygen atoms in total. The molecular weight excluding hydrogens is 316 g/mol. The molecule has 2 aliphatic carbocycles. The first kappa shape index (κ1) is 19.7. The highest BCUT2D eigenvalue weighted by atomic mass is 16.5. The maximum absolute atomic E-state index is 5.65. The van der Waals surface area contributed by atoms with E-state index in [1.165, 1.54) is 56.9 Å². The zero-order valence-electron chi connectivity index (χ0n) is 17.0. The fraction of sp³-hybridized carbons (Fsp3) is 0.680. The average Bonchev–Trinajstić information content (AvgIpc) is 2.70. The van der Waals surface area contributed by atoms with Crippen LogP contribution in [-0.4, -0.2) is 6.61 Å². The van der Waals surface area contributed by atoms with Crippen LogP contribution in [-0.2, 0) is 11.3 Å². The molecule has 0 amide bonds. The van der Waals surface area contributed by atoms with E-state index in [0.29, 0.717) is 0 Å². The summed E-state index contributed by atoms with van der Waals surface area (Å²) in [5.41, 5.74) is 2.87. The Morgan fingerprint density at radius 3 is 2.08 bits per heavy atom. The zero-order valence-corrected chi connectivity index (χ0v) is 17.0. The molecule has 0 aromatic heterocycles. The summed E-state index contributed by atoms with van der Waals surface area (Å²) in [4.78, 5) is 0. The van der Waals surface area contributed by atoms with Crippen LogP contribution < -0.4 is 0 Å². The maximum Gasteiger partial charge on any atom is 0.0716 e. The number of hydrogen-bond donors (Lipinski definition) is 0. The van der Waals surface area contributed by atoms with E-state index in [1.807, 2.05) is 0 Å². The Labute approximate surface area is 161 Å². The Hall–Kier alpha value is -1.08. The molecule has 0 bridgehead atoms. The molecule has 144 valence electrons. The van der Waals surface area contributed by atoms with E-state index in [1.54, 1.807) is 5.56 Å². The van der Waals surface area contributed by atoms with Crippen molar-refractivity contribution in [3.8, 4) is 0 Å². The van der Waals surface area contributed by atoms with Gasteiger partial charge in [-0.1, -0.05) is 43.3 Å². The average molecular weight is 355 g/mol. The first-order valence-electron chi connectivity index (χ1n) is 11.1. The smallest absolute Gasteiger partial charge is 0.0716 e. The summed E-state index contributed by atoms with van der Waals surface area (Å²) in [6, 6.07) is 9.27. The molecular formula is C25H38O. The Morgan fingerprint density at radius 2 is 1.50 bits per heavy atom. The molecule has 2 fully saturated rings. The van der Waals surface area contributed by atoms with Crippen LogP contribution in [0.15, 0.2) is 36.4 Å². The molecule has 0 saturated heterocycles. The highest BCUT2D eigenvalue weighted by Crippen LogP contribution is 2.44. The van der Waals surface area contributed by atoms with Gasteiger partial charge in [0.25, 0.3) is 0 Å². The summed E-state index contributed by atoms with van der Waals surface area (Å²) in [6.07, 6.45) is 17.3. The first-order chi connectivity index (χ1) is 12.8. The Morgan fingerprint density at radius 1 is 0.885 bits per heavy atom. The molecule has 0 unspecified atom stereocenters. The van der Waals surface area contributed by atoms with Gasteiger partial charge >= 0.3 is 0 Å². The molecule has 3 rings (SSSR count). The lowest BCUT2D eigenvalue weighted by Crippen LogP contribution is -2.25. The predicted molar refractivity (Wildman–Crippen MR) is 111 cm³/mol. The van der Waals surface area contributed by atoms with Crippen molar-refractivity contribution in [2.75, 3.05) is 6.61 Å². The molecule has 0 aliphatic heterocycles. The maximum atomic E-state index is 5.65. The van der Waals surface area contributed by atoms with Gasteiger partial charge in [-0.3, -0.25) is 0 Å². The van der Waals surface area contributed by atoms with Crippen molar-refractivity contribution in [2.24, 2.45) is 17.8 Å². The highest BCUT2D eigenvalue weighted by Gasteiger charge is 2.30. The number of benzene rings is 1. The van der Waals surface area contributed by atoms with E-state index >= 15 is 0 Å². The molecule has 0 heterocycles. The van der Waals surface area contributed by atoms with Crippen LogP contribution in [0.1, 0.15) is 88.7 Å². The number of rotatable bonds is 7. The summed E-state index contributed by atoms with van der Waals surface area (Å²) in [6.45, 7) is 5.95. The quantitative estimate of drug-likeness (QED) is 0.369. The van der Waals surface area contributed by atoms with E-state index in [4.69, 9.17) is 4.74 Å². The van der Waals surface area contributed by atoms with Crippen LogP contribution in [0.25, 0.3) is 0 Å². The molecule has 2 saturated carbocycles. The van der Waals surface area contributed by atoms with Gasteiger partial charge in [0.2, 0.25) is 0 Å². The summed E-state index contributed by atoms with van der Waals surface area (Å²) < 4.78 is 5.65. The normalized spacial score (nSPS) is 29.9. The number of ether oxygens (including phenoxy) is 1. The van der Waals surface area contributed by atoms with Gasteiger partial charge in [0.05, 0.1) is 6.61 Å². The van der Waals surface area contributed by atoms with Crippen molar-refractivity contribution in [1.82, 2.24) is 0 Å². The Balaban J connectivity index is 1.43. The summed E-state index contributed by atoms with van der Waals surface area (Å²) >= 11 is 0. The highest BCUT2D eigenvalue weighted by molar-refractivity contribution is 5.25. The Bertz CT molecular complexity index is 528. The molecule has 0 radical (unpaired) electrons. The lowest BCUT2D eigenvalue weighted by atomic mass is 9.68. The minimum Gasteiger partial charge on any atom is -0.377 e.